The Balaban J connectivity index is 1.49. The summed E-state index contributed by atoms with van der Waals surface area (Å²) < 4.78 is 9.95. The van der Waals surface area contributed by atoms with Crippen LogP contribution in [0.3, 0.4) is 0 Å². The van der Waals surface area contributed by atoms with E-state index in [2.05, 4.69) is 27.6 Å². The second kappa shape index (κ2) is 5.40. The van der Waals surface area contributed by atoms with Crippen LogP contribution in [-0.2, 0) is 6.54 Å². The monoisotopic (exact) mass is 259 g/mol. The first-order chi connectivity index (χ1) is 9.35. The van der Waals surface area contributed by atoms with Crippen molar-refractivity contribution in [1.29, 1.82) is 0 Å². The molecule has 5 heteroatoms. The second-order valence-corrected chi connectivity index (χ2v) is 4.87. The molecule has 5 nitrogen and oxygen atoms in total. The van der Waals surface area contributed by atoms with Gasteiger partial charge in [-0.2, -0.15) is 4.98 Å². The zero-order chi connectivity index (χ0) is 13.1. The molecule has 1 aromatic carbocycles. The van der Waals surface area contributed by atoms with Crippen LogP contribution in [0.5, 0.6) is 5.75 Å². The largest absolute Gasteiger partial charge is 0.497 e. The van der Waals surface area contributed by atoms with E-state index in [-0.39, 0.29) is 0 Å². The summed E-state index contributed by atoms with van der Waals surface area (Å²) in [6, 6.07) is 8.86. The molecule has 0 amide bonds. The lowest BCUT2D eigenvalue weighted by Gasteiger charge is -2.36. The minimum absolute atomic E-state index is 0.537. The van der Waals surface area contributed by atoms with Gasteiger partial charge in [-0.3, -0.25) is 0 Å². The molecule has 0 atom stereocenters. The molecule has 1 fully saturated rings. The van der Waals surface area contributed by atoms with Crippen LogP contribution in [0.25, 0.3) is 0 Å². The quantitative estimate of drug-likeness (QED) is 0.891. The molecule has 0 spiro atoms. The molecule has 1 aromatic heterocycles. The van der Waals surface area contributed by atoms with E-state index in [4.69, 9.17) is 9.26 Å². The number of hydrogen-bond donors (Lipinski definition) is 1. The Bertz CT molecular complexity index is 521. The topological polar surface area (TPSA) is 60.2 Å². The molecule has 1 aliphatic rings. The van der Waals surface area contributed by atoms with Crippen LogP contribution in [-0.4, -0.2) is 23.3 Å². The number of aromatic nitrogens is 2. The van der Waals surface area contributed by atoms with Crippen LogP contribution in [0, 0.1) is 0 Å². The zero-order valence-corrected chi connectivity index (χ0v) is 10.9. The van der Waals surface area contributed by atoms with E-state index in [1.807, 2.05) is 12.1 Å². The third-order valence-corrected chi connectivity index (χ3v) is 3.66. The van der Waals surface area contributed by atoms with Gasteiger partial charge >= 0.3 is 0 Å². The maximum absolute atomic E-state index is 5.25. The van der Waals surface area contributed by atoms with Gasteiger partial charge in [-0.15, -0.1) is 0 Å². The van der Waals surface area contributed by atoms with Gasteiger partial charge in [0.15, 0.2) is 5.82 Å². The maximum atomic E-state index is 5.25. The molecule has 19 heavy (non-hydrogen) atoms. The summed E-state index contributed by atoms with van der Waals surface area (Å²) in [5.74, 6) is 2.27. The van der Waals surface area contributed by atoms with Gasteiger partial charge in [0.1, 0.15) is 5.75 Å². The smallest absolute Gasteiger partial charge is 0.213 e. The zero-order valence-electron chi connectivity index (χ0n) is 10.9. The van der Waals surface area contributed by atoms with E-state index in [1.54, 1.807) is 7.11 Å². The average molecular weight is 259 g/mol. The molecule has 1 saturated carbocycles. The summed E-state index contributed by atoms with van der Waals surface area (Å²) in [5, 5.41) is 7.21. The highest BCUT2D eigenvalue weighted by Crippen LogP contribution is 2.37. The molecule has 0 unspecified atom stereocenters. The van der Waals surface area contributed by atoms with Crippen molar-refractivity contribution in [2.45, 2.75) is 31.3 Å². The molecule has 3 rings (SSSR count). The molecule has 0 radical (unpaired) electrons. The number of nitrogens with one attached hydrogen (secondary N) is 1. The van der Waals surface area contributed by atoms with Gasteiger partial charge in [0, 0.05) is 6.04 Å². The molecule has 100 valence electrons. The van der Waals surface area contributed by atoms with Crippen molar-refractivity contribution in [2.24, 2.45) is 0 Å². The molecule has 1 aliphatic carbocycles. The summed E-state index contributed by atoms with van der Waals surface area (Å²) in [5.41, 5.74) is 1.36. The number of nitrogens with zero attached hydrogens (tertiary/aromatic N) is 2. The van der Waals surface area contributed by atoms with Crippen molar-refractivity contribution in [2.75, 3.05) is 7.11 Å². The van der Waals surface area contributed by atoms with Gasteiger partial charge in [0.05, 0.1) is 13.7 Å². The van der Waals surface area contributed by atoms with Gasteiger partial charge in [-0.25, -0.2) is 0 Å². The first-order valence-corrected chi connectivity index (χ1v) is 6.47. The minimum Gasteiger partial charge on any atom is -0.497 e. The van der Waals surface area contributed by atoms with Crippen LogP contribution >= 0.6 is 0 Å². The van der Waals surface area contributed by atoms with E-state index in [0.29, 0.717) is 24.3 Å². The van der Waals surface area contributed by atoms with Gasteiger partial charge in [-0.1, -0.05) is 17.3 Å². The van der Waals surface area contributed by atoms with Gasteiger partial charge in [0.2, 0.25) is 6.39 Å². The predicted octanol–water partition coefficient (Wildman–Crippen LogP) is 2.11. The third kappa shape index (κ3) is 2.76. The Morgan fingerprint density at radius 1 is 1.42 bits per heavy atom. The highest BCUT2D eigenvalue weighted by Gasteiger charge is 2.30. The fourth-order valence-electron chi connectivity index (χ4n) is 2.46. The number of benzene rings is 1. The second-order valence-electron chi connectivity index (χ2n) is 4.87. The highest BCUT2D eigenvalue weighted by molar-refractivity contribution is 5.32. The molecule has 0 saturated heterocycles. The molecular weight excluding hydrogens is 242 g/mol. The molecule has 0 bridgehead atoms. The Morgan fingerprint density at radius 3 is 3.05 bits per heavy atom. The summed E-state index contributed by atoms with van der Waals surface area (Å²) in [4.78, 5) is 3.99. The van der Waals surface area contributed by atoms with Crippen LogP contribution in [0.4, 0.5) is 0 Å². The van der Waals surface area contributed by atoms with Gasteiger partial charge in [-0.05, 0) is 36.5 Å². The molecule has 1 heterocycles. The fourth-order valence-corrected chi connectivity index (χ4v) is 2.46. The van der Waals surface area contributed by atoms with E-state index in [0.717, 1.165) is 18.6 Å². The molecule has 2 aromatic rings. The summed E-state index contributed by atoms with van der Waals surface area (Å²) >= 11 is 0. The van der Waals surface area contributed by atoms with Gasteiger partial charge < -0.3 is 14.6 Å². The van der Waals surface area contributed by atoms with Crippen LogP contribution in [0.2, 0.25) is 0 Å². The number of rotatable bonds is 5. The van der Waals surface area contributed by atoms with Crippen LogP contribution in [0.1, 0.15) is 30.1 Å². The minimum atomic E-state index is 0.537. The van der Waals surface area contributed by atoms with Gasteiger partial charge in [0.25, 0.3) is 0 Å². The van der Waals surface area contributed by atoms with Crippen molar-refractivity contribution in [3.63, 3.8) is 0 Å². The summed E-state index contributed by atoms with van der Waals surface area (Å²) in [7, 11) is 1.70. The lowest BCUT2D eigenvalue weighted by atomic mass is 9.76. The first-order valence-electron chi connectivity index (χ1n) is 6.47. The first kappa shape index (κ1) is 12.2. The van der Waals surface area contributed by atoms with E-state index >= 15 is 0 Å². The number of ether oxygens (including phenoxy) is 1. The predicted molar refractivity (Wildman–Crippen MR) is 69.9 cm³/mol. The molecular formula is C14H17N3O2. The lowest BCUT2D eigenvalue weighted by molar-refractivity contribution is 0.285. The molecule has 1 N–H and O–H groups in total. The van der Waals surface area contributed by atoms with Crippen LogP contribution in [0.15, 0.2) is 35.2 Å². The van der Waals surface area contributed by atoms with E-state index in [9.17, 15) is 0 Å². The number of hydrogen-bond acceptors (Lipinski definition) is 5. The normalized spacial score (nSPS) is 21.9. The molecule has 0 aliphatic heterocycles. The standard InChI is InChI=1S/C14H17N3O2/c1-18-13-4-2-3-10(7-13)11-5-12(6-11)15-8-14-16-9-19-17-14/h2-4,7,9,11-12,15H,5-6,8H2,1H3. The van der Waals surface area contributed by atoms with Crippen molar-refractivity contribution in [1.82, 2.24) is 15.5 Å². The van der Waals surface area contributed by atoms with Crippen LogP contribution < -0.4 is 10.1 Å². The van der Waals surface area contributed by atoms with Crippen molar-refractivity contribution < 1.29 is 9.26 Å². The Hall–Kier alpha value is -1.88. The highest BCUT2D eigenvalue weighted by atomic mass is 16.5. The van der Waals surface area contributed by atoms with E-state index < -0.39 is 0 Å². The summed E-state index contributed by atoms with van der Waals surface area (Å²) in [6.45, 7) is 0.673. The SMILES string of the molecule is COc1cccc(C2CC(NCc3ncon3)C2)c1. The maximum Gasteiger partial charge on any atom is 0.213 e. The summed E-state index contributed by atoms with van der Waals surface area (Å²) in [6.07, 6.45) is 3.65. The fraction of sp³-hybridized carbons (Fsp3) is 0.429. The number of methoxy groups -OCH3 is 1. The third-order valence-electron chi connectivity index (χ3n) is 3.66. The Labute approximate surface area is 112 Å². The van der Waals surface area contributed by atoms with Crippen molar-refractivity contribution in [3.05, 3.63) is 42.0 Å². The lowest BCUT2D eigenvalue weighted by Crippen LogP contribution is -2.39. The average Bonchev–Trinajstić information content (AvgIpc) is 2.90. The van der Waals surface area contributed by atoms with Crippen molar-refractivity contribution >= 4 is 0 Å². The Morgan fingerprint density at radius 2 is 2.32 bits per heavy atom. The Kier molecular flexibility index (Phi) is 3.46. The van der Waals surface area contributed by atoms with Crippen molar-refractivity contribution in [3.8, 4) is 5.75 Å². The van der Waals surface area contributed by atoms with E-state index in [1.165, 1.54) is 12.0 Å².